The molecular formula is C23H23N3O4. The summed E-state index contributed by atoms with van der Waals surface area (Å²) in [5.41, 5.74) is 2.81. The summed E-state index contributed by atoms with van der Waals surface area (Å²) >= 11 is 0. The van der Waals surface area contributed by atoms with Crippen LogP contribution in [0.4, 0.5) is 10.5 Å². The molecule has 0 radical (unpaired) electrons. The molecule has 30 heavy (non-hydrogen) atoms. The van der Waals surface area contributed by atoms with Crippen LogP contribution >= 0.6 is 0 Å². The van der Waals surface area contributed by atoms with Gasteiger partial charge >= 0.3 is 6.03 Å². The summed E-state index contributed by atoms with van der Waals surface area (Å²) in [6.07, 6.45) is 2.06. The third-order valence-corrected chi connectivity index (χ3v) is 5.43. The van der Waals surface area contributed by atoms with Crippen LogP contribution in [-0.2, 0) is 6.54 Å². The number of hydrogen-bond acceptors (Lipinski definition) is 4. The quantitative estimate of drug-likeness (QED) is 0.705. The summed E-state index contributed by atoms with van der Waals surface area (Å²) in [5, 5.41) is 3.01. The molecule has 3 aromatic rings. The van der Waals surface area contributed by atoms with Gasteiger partial charge in [0.2, 0.25) is 6.79 Å². The van der Waals surface area contributed by atoms with Crippen LogP contribution in [0.15, 0.2) is 60.8 Å². The van der Waals surface area contributed by atoms with E-state index in [4.69, 9.17) is 14.2 Å². The molecule has 7 nitrogen and oxygen atoms in total. The second kappa shape index (κ2) is 7.67. The lowest BCUT2D eigenvalue weighted by Gasteiger charge is -2.37. The van der Waals surface area contributed by atoms with Gasteiger partial charge in [0.05, 0.1) is 12.6 Å². The van der Waals surface area contributed by atoms with Crippen LogP contribution in [0.2, 0.25) is 0 Å². The van der Waals surface area contributed by atoms with Gasteiger partial charge in [-0.1, -0.05) is 12.1 Å². The zero-order valence-electron chi connectivity index (χ0n) is 16.7. The number of nitrogens with one attached hydrogen (secondary N) is 1. The van der Waals surface area contributed by atoms with Crippen molar-refractivity contribution < 1.29 is 19.0 Å². The molecular weight excluding hydrogens is 382 g/mol. The number of nitrogens with zero attached hydrogens (tertiary/aromatic N) is 2. The first-order valence-corrected chi connectivity index (χ1v) is 10.1. The smallest absolute Gasteiger partial charge is 0.322 e. The van der Waals surface area contributed by atoms with E-state index in [1.165, 1.54) is 0 Å². The van der Waals surface area contributed by atoms with Crippen LogP contribution < -0.4 is 19.5 Å². The van der Waals surface area contributed by atoms with Gasteiger partial charge in [0, 0.05) is 36.7 Å². The van der Waals surface area contributed by atoms with Crippen LogP contribution in [0.1, 0.15) is 24.2 Å². The predicted molar refractivity (Wildman–Crippen MR) is 112 cm³/mol. The number of urea groups is 1. The van der Waals surface area contributed by atoms with E-state index < -0.39 is 0 Å². The molecule has 1 aromatic heterocycles. The van der Waals surface area contributed by atoms with Crippen LogP contribution in [0.25, 0.3) is 0 Å². The van der Waals surface area contributed by atoms with Crippen molar-refractivity contribution in [2.24, 2.45) is 0 Å². The molecule has 0 saturated carbocycles. The number of anilines is 1. The maximum Gasteiger partial charge on any atom is 0.322 e. The van der Waals surface area contributed by atoms with E-state index in [9.17, 15) is 4.79 Å². The van der Waals surface area contributed by atoms with E-state index >= 15 is 0 Å². The van der Waals surface area contributed by atoms with E-state index in [1.807, 2.05) is 54.3 Å². The molecule has 3 heterocycles. The monoisotopic (exact) mass is 405 g/mol. The Balaban J connectivity index is 1.43. The van der Waals surface area contributed by atoms with Crippen molar-refractivity contribution in [3.8, 4) is 17.2 Å². The van der Waals surface area contributed by atoms with Crippen LogP contribution in [-0.4, -0.2) is 35.4 Å². The van der Waals surface area contributed by atoms with Crippen molar-refractivity contribution in [1.82, 2.24) is 9.47 Å². The van der Waals surface area contributed by atoms with E-state index in [0.717, 1.165) is 23.6 Å². The third kappa shape index (κ3) is 3.32. The molecule has 2 amide bonds. The number of ether oxygens (including phenoxy) is 3. The lowest BCUT2D eigenvalue weighted by molar-refractivity contribution is 0.174. The number of fused-ring (bicyclic) bond motifs is 2. The molecule has 0 unspecified atom stereocenters. The molecule has 7 heteroatoms. The Bertz CT molecular complexity index is 1060. The largest absolute Gasteiger partial charge is 0.494 e. The van der Waals surface area contributed by atoms with Gasteiger partial charge < -0.3 is 29.0 Å². The van der Waals surface area contributed by atoms with Crippen molar-refractivity contribution in [3.05, 3.63) is 72.1 Å². The number of benzene rings is 2. The Morgan fingerprint density at radius 2 is 1.93 bits per heavy atom. The molecule has 1 atom stereocenters. The minimum Gasteiger partial charge on any atom is -0.494 e. The normalized spacial score (nSPS) is 16.8. The molecule has 2 aliphatic heterocycles. The summed E-state index contributed by atoms with van der Waals surface area (Å²) in [4.78, 5) is 15.1. The van der Waals surface area contributed by atoms with E-state index in [2.05, 4.69) is 22.1 Å². The number of carbonyl (C=O) groups excluding carboxylic acids is 1. The van der Waals surface area contributed by atoms with Crippen LogP contribution in [0.5, 0.6) is 17.2 Å². The second-order valence-electron chi connectivity index (χ2n) is 7.22. The molecule has 0 saturated heterocycles. The zero-order valence-corrected chi connectivity index (χ0v) is 16.7. The number of carbonyl (C=O) groups is 1. The lowest BCUT2D eigenvalue weighted by atomic mass is 10.00. The fraction of sp³-hybridized carbons (Fsp3) is 0.261. The van der Waals surface area contributed by atoms with Gasteiger partial charge in [0.25, 0.3) is 0 Å². The van der Waals surface area contributed by atoms with Gasteiger partial charge in [-0.3, -0.25) is 0 Å². The maximum absolute atomic E-state index is 13.3. The Labute approximate surface area is 174 Å². The molecule has 0 aliphatic carbocycles. The van der Waals surface area contributed by atoms with Crippen LogP contribution in [0.3, 0.4) is 0 Å². The predicted octanol–water partition coefficient (Wildman–Crippen LogP) is 4.25. The summed E-state index contributed by atoms with van der Waals surface area (Å²) in [7, 11) is 0. The van der Waals surface area contributed by atoms with Crippen molar-refractivity contribution in [2.75, 3.05) is 25.3 Å². The molecule has 0 spiro atoms. The minimum absolute atomic E-state index is 0.153. The zero-order chi connectivity index (χ0) is 20.5. The first-order valence-electron chi connectivity index (χ1n) is 10.1. The van der Waals surface area contributed by atoms with Gasteiger partial charge in [-0.15, -0.1) is 0 Å². The summed E-state index contributed by atoms with van der Waals surface area (Å²) in [6, 6.07) is 17.1. The Morgan fingerprint density at radius 1 is 1.10 bits per heavy atom. The number of aromatic nitrogens is 1. The molecule has 154 valence electrons. The average molecular weight is 405 g/mol. The molecule has 1 N–H and O–H groups in total. The van der Waals surface area contributed by atoms with Crippen LogP contribution in [0, 0.1) is 0 Å². The van der Waals surface area contributed by atoms with Gasteiger partial charge in [-0.2, -0.15) is 0 Å². The average Bonchev–Trinajstić information content (AvgIpc) is 3.42. The number of rotatable bonds is 4. The SMILES string of the molecule is CCOc1ccc([C@@H]2c3cccn3CCN2C(=O)Nc2ccc3c(c2)OCO3)cc1. The number of amides is 2. The Morgan fingerprint density at radius 3 is 2.77 bits per heavy atom. The topological polar surface area (TPSA) is 65.0 Å². The number of hydrogen-bond donors (Lipinski definition) is 1. The first-order chi connectivity index (χ1) is 14.7. The molecule has 5 rings (SSSR count). The van der Waals surface area contributed by atoms with Gasteiger partial charge in [-0.25, -0.2) is 4.79 Å². The lowest BCUT2D eigenvalue weighted by Crippen LogP contribution is -2.44. The highest BCUT2D eigenvalue weighted by molar-refractivity contribution is 5.90. The van der Waals surface area contributed by atoms with Gasteiger partial charge in [-0.05, 0) is 48.9 Å². The van der Waals surface area contributed by atoms with Crippen molar-refractivity contribution in [1.29, 1.82) is 0 Å². The Hall–Kier alpha value is -3.61. The first kappa shape index (κ1) is 18.4. The highest BCUT2D eigenvalue weighted by Crippen LogP contribution is 2.36. The molecule has 2 aliphatic rings. The highest BCUT2D eigenvalue weighted by atomic mass is 16.7. The summed E-state index contributed by atoms with van der Waals surface area (Å²) < 4.78 is 18.5. The van der Waals surface area contributed by atoms with E-state index in [0.29, 0.717) is 30.3 Å². The third-order valence-electron chi connectivity index (χ3n) is 5.43. The maximum atomic E-state index is 13.3. The standard InChI is InChI=1S/C23H23N3O4/c1-2-28-18-8-5-16(6-9-18)22-19-4-3-11-25(19)12-13-26(22)23(27)24-17-7-10-20-21(14-17)30-15-29-20/h3-11,14,22H,2,12-13,15H2,1H3,(H,24,27)/t22-/m1/s1. The highest BCUT2D eigenvalue weighted by Gasteiger charge is 2.32. The van der Waals surface area contributed by atoms with Crippen molar-refractivity contribution in [2.45, 2.75) is 19.5 Å². The minimum atomic E-state index is -0.182. The van der Waals surface area contributed by atoms with Crippen molar-refractivity contribution in [3.63, 3.8) is 0 Å². The summed E-state index contributed by atoms with van der Waals surface area (Å²) in [5.74, 6) is 2.16. The van der Waals surface area contributed by atoms with E-state index in [-0.39, 0.29) is 18.9 Å². The second-order valence-corrected chi connectivity index (χ2v) is 7.22. The fourth-order valence-corrected chi connectivity index (χ4v) is 4.04. The Kier molecular flexibility index (Phi) is 4.71. The van der Waals surface area contributed by atoms with E-state index in [1.54, 1.807) is 6.07 Å². The van der Waals surface area contributed by atoms with Crippen molar-refractivity contribution >= 4 is 11.7 Å². The van der Waals surface area contributed by atoms with Gasteiger partial charge in [0.1, 0.15) is 5.75 Å². The molecule has 0 fully saturated rings. The molecule has 0 bridgehead atoms. The van der Waals surface area contributed by atoms with Gasteiger partial charge in [0.15, 0.2) is 11.5 Å². The summed E-state index contributed by atoms with van der Waals surface area (Å²) in [6.45, 7) is 4.15. The fourth-order valence-electron chi connectivity index (χ4n) is 4.04. The molecule has 2 aromatic carbocycles.